The molecular formula is C13H20O3Sn. The molecule has 0 aliphatic rings. The first-order chi connectivity index (χ1) is 8.20. The summed E-state index contributed by atoms with van der Waals surface area (Å²) in [6.07, 6.45) is 2.03. The minimum absolute atomic E-state index is 0.0957. The van der Waals surface area contributed by atoms with Gasteiger partial charge in [-0.25, -0.2) is 0 Å². The zero-order valence-electron chi connectivity index (χ0n) is 10.7. The van der Waals surface area contributed by atoms with Gasteiger partial charge in [-0.05, 0) is 0 Å². The molecule has 0 bridgehead atoms. The summed E-state index contributed by atoms with van der Waals surface area (Å²) in [6.45, 7) is 2.11. The van der Waals surface area contributed by atoms with Crippen molar-refractivity contribution in [2.75, 3.05) is 14.2 Å². The molecule has 0 aliphatic heterocycles. The third kappa shape index (κ3) is 3.53. The van der Waals surface area contributed by atoms with Gasteiger partial charge in [0.2, 0.25) is 0 Å². The first-order valence-electron chi connectivity index (χ1n) is 5.90. The molecule has 0 N–H and O–H groups in total. The second-order valence-electron chi connectivity index (χ2n) is 3.96. The minimum atomic E-state index is -3.57. The van der Waals surface area contributed by atoms with E-state index < -0.39 is 19.2 Å². The van der Waals surface area contributed by atoms with E-state index in [0.717, 1.165) is 17.3 Å². The number of unbranched alkanes of at least 4 members (excludes halogenated alkanes) is 1. The number of hydrogen-bond acceptors (Lipinski definition) is 3. The van der Waals surface area contributed by atoms with Crippen LogP contribution < -0.4 is 0 Å². The second-order valence-corrected chi connectivity index (χ2v) is 13.3. The summed E-state index contributed by atoms with van der Waals surface area (Å²) in [4.78, 5) is 12.5. The van der Waals surface area contributed by atoms with Gasteiger partial charge in [0.05, 0.1) is 0 Å². The predicted octanol–water partition coefficient (Wildman–Crippen LogP) is 2.94. The van der Waals surface area contributed by atoms with Crippen molar-refractivity contribution in [3.63, 3.8) is 0 Å². The molecule has 0 heterocycles. The SMILES string of the molecule is CCC[CH2][Sn]([O]C)([O]C)[C](=O)c1ccccc1. The van der Waals surface area contributed by atoms with Crippen molar-refractivity contribution in [1.82, 2.24) is 0 Å². The van der Waals surface area contributed by atoms with Gasteiger partial charge >= 0.3 is 108 Å². The van der Waals surface area contributed by atoms with E-state index in [1.165, 1.54) is 0 Å². The molecule has 0 saturated heterocycles. The van der Waals surface area contributed by atoms with Crippen LogP contribution in [0.15, 0.2) is 30.3 Å². The fourth-order valence-corrected chi connectivity index (χ4v) is 9.22. The molecule has 3 nitrogen and oxygen atoms in total. The summed E-state index contributed by atoms with van der Waals surface area (Å²) in [5.41, 5.74) is 0.711. The van der Waals surface area contributed by atoms with Gasteiger partial charge in [0, 0.05) is 0 Å². The van der Waals surface area contributed by atoms with Crippen LogP contribution in [0, 0.1) is 0 Å². The quantitative estimate of drug-likeness (QED) is 0.715. The second kappa shape index (κ2) is 7.13. The summed E-state index contributed by atoms with van der Waals surface area (Å²) >= 11 is -3.57. The van der Waals surface area contributed by atoms with Crippen molar-refractivity contribution >= 4 is 23.0 Å². The normalized spacial score (nSPS) is 11.5. The Hall–Kier alpha value is -0.391. The molecular weight excluding hydrogens is 323 g/mol. The van der Waals surface area contributed by atoms with E-state index >= 15 is 0 Å². The van der Waals surface area contributed by atoms with E-state index in [-0.39, 0.29) is 3.80 Å². The van der Waals surface area contributed by atoms with Gasteiger partial charge in [0.1, 0.15) is 0 Å². The van der Waals surface area contributed by atoms with E-state index in [4.69, 9.17) is 6.15 Å². The molecule has 1 aromatic carbocycles. The summed E-state index contributed by atoms with van der Waals surface area (Å²) in [6, 6.07) is 9.31. The standard InChI is InChI=1S/C7H5O.C4H9.2CH3O.Sn/c8-6-7-4-2-1-3-5-7;1-3-4-2;2*1-2;/h1-5H;1,3-4H2,2H3;2*1H3;/q;;2*-1;+2. The van der Waals surface area contributed by atoms with Crippen LogP contribution in [-0.4, -0.2) is 37.2 Å². The molecule has 0 aliphatic carbocycles. The van der Waals surface area contributed by atoms with Crippen molar-refractivity contribution in [2.45, 2.75) is 24.2 Å². The monoisotopic (exact) mass is 344 g/mol. The molecule has 0 spiro atoms. The van der Waals surface area contributed by atoms with Crippen LogP contribution in [-0.2, 0) is 6.15 Å². The molecule has 17 heavy (non-hydrogen) atoms. The Labute approximate surface area is 108 Å². The maximum absolute atomic E-state index is 12.5. The van der Waals surface area contributed by atoms with Gasteiger partial charge in [0.15, 0.2) is 0 Å². The average molecular weight is 343 g/mol. The fraction of sp³-hybridized carbons (Fsp3) is 0.462. The Bertz CT molecular complexity index is 347. The van der Waals surface area contributed by atoms with Gasteiger partial charge in [-0.2, -0.15) is 0 Å². The summed E-state index contributed by atoms with van der Waals surface area (Å²) in [5.74, 6) is 0. The molecule has 4 heteroatoms. The third-order valence-corrected chi connectivity index (χ3v) is 12.4. The molecule has 0 amide bonds. The molecule has 94 valence electrons. The van der Waals surface area contributed by atoms with E-state index in [1.54, 1.807) is 14.2 Å². The van der Waals surface area contributed by atoms with Crippen LogP contribution in [0.5, 0.6) is 0 Å². The first kappa shape index (κ1) is 14.7. The Morgan fingerprint density at radius 3 is 2.24 bits per heavy atom. The van der Waals surface area contributed by atoms with Crippen LogP contribution in [0.2, 0.25) is 4.44 Å². The van der Waals surface area contributed by atoms with Gasteiger partial charge in [0.25, 0.3) is 0 Å². The van der Waals surface area contributed by atoms with E-state index in [0.29, 0.717) is 5.56 Å². The average Bonchev–Trinajstić information content (AvgIpc) is 2.41. The van der Waals surface area contributed by atoms with Crippen molar-refractivity contribution in [3.05, 3.63) is 35.9 Å². The van der Waals surface area contributed by atoms with Crippen LogP contribution >= 0.6 is 0 Å². The zero-order chi connectivity index (χ0) is 12.7. The number of benzene rings is 1. The van der Waals surface area contributed by atoms with Crippen LogP contribution in [0.1, 0.15) is 30.1 Å². The van der Waals surface area contributed by atoms with Gasteiger partial charge in [-0.1, -0.05) is 0 Å². The topological polar surface area (TPSA) is 35.5 Å². The molecule has 1 aromatic rings. The molecule has 0 atom stereocenters. The number of carbonyl (C=O) groups excluding carboxylic acids is 1. The summed E-state index contributed by atoms with van der Waals surface area (Å²) in [5, 5.41) is 0. The van der Waals surface area contributed by atoms with Crippen LogP contribution in [0.3, 0.4) is 0 Å². The number of hydrogen-bond donors (Lipinski definition) is 0. The molecule has 1 rings (SSSR count). The van der Waals surface area contributed by atoms with E-state index in [9.17, 15) is 4.79 Å². The molecule has 0 fully saturated rings. The Kier molecular flexibility index (Phi) is 6.16. The number of rotatable bonds is 7. The van der Waals surface area contributed by atoms with Gasteiger partial charge in [-0.3, -0.25) is 0 Å². The van der Waals surface area contributed by atoms with Gasteiger partial charge < -0.3 is 0 Å². The van der Waals surface area contributed by atoms with Crippen molar-refractivity contribution in [2.24, 2.45) is 0 Å². The van der Waals surface area contributed by atoms with E-state index in [2.05, 4.69) is 6.92 Å². The fourth-order valence-electron chi connectivity index (χ4n) is 1.81. The van der Waals surface area contributed by atoms with Crippen molar-refractivity contribution < 1.29 is 10.9 Å². The Morgan fingerprint density at radius 1 is 1.18 bits per heavy atom. The molecule has 0 aromatic heterocycles. The Morgan fingerprint density at radius 2 is 1.76 bits per heavy atom. The molecule has 0 saturated carbocycles. The van der Waals surface area contributed by atoms with Gasteiger partial charge in [-0.15, -0.1) is 0 Å². The van der Waals surface area contributed by atoms with Crippen molar-refractivity contribution in [3.8, 4) is 0 Å². The van der Waals surface area contributed by atoms with Crippen molar-refractivity contribution in [1.29, 1.82) is 0 Å². The molecule has 0 unspecified atom stereocenters. The Balaban J connectivity index is 2.94. The zero-order valence-corrected chi connectivity index (χ0v) is 13.6. The maximum atomic E-state index is 12.5. The first-order valence-corrected chi connectivity index (χ1v) is 11.7. The predicted molar refractivity (Wildman–Crippen MR) is 70.3 cm³/mol. The van der Waals surface area contributed by atoms with Crippen LogP contribution in [0.25, 0.3) is 0 Å². The summed E-state index contributed by atoms with van der Waals surface area (Å²) < 4.78 is 12.0. The third-order valence-electron chi connectivity index (χ3n) is 2.90. The van der Waals surface area contributed by atoms with Crippen LogP contribution in [0.4, 0.5) is 0 Å². The summed E-state index contributed by atoms with van der Waals surface area (Å²) in [7, 11) is 3.21. The van der Waals surface area contributed by atoms with E-state index in [1.807, 2.05) is 30.3 Å². The number of carbonyl (C=O) groups is 1. The molecule has 0 radical (unpaired) electrons.